The molecule has 0 aliphatic heterocycles. The maximum atomic E-state index is 10.8. The third-order valence-electron chi connectivity index (χ3n) is 2.93. The molecule has 0 aliphatic rings. The number of benzene rings is 1. The highest BCUT2D eigenvalue weighted by molar-refractivity contribution is 5.86. The largest absolute Gasteiger partial charge is 0.358 e. The number of aryl methyl sites for hydroxylation is 1. The predicted octanol–water partition coefficient (Wildman–Crippen LogP) is 3.68. The van der Waals surface area contributed by atoms with E-state index < -0.39 is 0 Å². The Kier molecular flexibility index (Phi) is 2.45. The van der Waals surface area contributed by atoms with Gasteiger partial charge in [-0.15, -0.1) is 0 Å². The number of hydrogen-bond acceptors (Lipinski definition) is 2. The molecule has 90 valence electrons. The number of aromatic nitrogens is 1. The molecule has 0 fully saturated rings. The number of nitrogens with zero attached hydrogens (tertiary/aromatic N) is 1. The first-order valence-corrected chi connectivity index (χ1v) is 5.57. The fraction of sp³-hybridized carbons (Fsp3) is 0.385. The highest BCUT2D eigenvalue weighted by Gasteiger charge is 2.18. The molecule has 0 atom stereocenters. The molecule has 1 heterocycles. The van der Waals surface area contributed by atoms with Crippen LogP contribution >= 0.6 is 0 Å². The number of rotatable bonds is 1. The minimum Gasteiger partial charge on any atom is -0.358 e. The van der Waals surface area contributed by atoms with Crippen LogP contribution in [0.15, 0.2) is 18.2 Å². The molecule has 0 radical (unpaired) electrons. The van der Waals surface area contributed by atoms with Gasteiger partial charge in [-0.2, -0.15) is 0 Å². The number of H-pyrrole nitrogens is 1. The zero-order valence-electron chi connectivity index (χ0n) is 10.5. The molecule has 17 heavy (non-hydrogen) atoms. The molecule has 0 aliphatic carbocycles. The Morgan fingerprint density at radius 1 is 1.24 bits per heavy atom. The fourth-order valence-corrected chi connectivity index (χ4v) is 1.92. The minimum atomic E-state index is -0.351. The molecule has 2 rings (SSSR count). The Morgan fingerprint density at radius 2 is 1.88 bits per heavy atom. The van der Waals surface area contributed by atoms with Crippen LogP contribution in [-0.2, 0) is 5.41 Å². The lowest BCUT2D eigenvalue weighted by Gasteiger charge is -2.15. The summed E-state index contributed by atoms with van der Waals surface area (Å²) in [4.78, 5) is 13.8. The number of aromatic amines is 1. The Hall–Kier alpha value is -1.84. The summed E-state index contributed by atoms with van der Waals surface area (Å²) in [7, 11) is 0. The standard InChI is InChI=1S/C13H16N2O2/c1-8-5-10(15(16)17)6-9-7-11(13(2,3)4)14-12(8)9/h5-7,14H,1-4H3. The third kappa shape index (κ3) is 2.02. The molecule has 0 saturated carbocycles. The van der Waals surface area contributed by atoms with Gasteiger partial charge in [0.25, 0.3) is 5.69 Å². The van der Waals surface area contributed by atoms with Gasteiger partial charge >= 0.3 is 0 Å². The van der Waals surface area contributed by atoms with Crippen LogP contribution < -0.4 is 0 Å². The Balaban J connectivity index is 2.69. The summed E-state index contributed by atoms with van der Waals surface area (Å²) in [5.41, 5.74) is 3.15. The Labute approximate surface area is 99.8 Å². The van der Waals surface area contributed by atoms with Gasteiger partial charge in [-0.3, -0.25) is 10.1 Å². The van der Waals surface area contributed by atoms with Crippen molar-refractivity contribution in [1.29, 1.82) is 0 Å². The van der Waals surface area contributed by atoms with E-state index in [-0.39, 0.29) is 16.0 Å². The van der Waals surface area contributed by atoms with E-state index in [1.54, 1.807) is 12.1 Å². The highest BCUT2D eigenvalue weighted by atomic mass is 16.6. The summed E-state index contributed by atoms with van der Waals surface area (Å²) < 4.78 is 0. The number of non-ortho nitro benzene ring substituents is 1. The molecule has 0 spiro atoms. The van der Waals surface area contributed by atoms with Gasteiger partial charge in [0.15, 0.2) is 0 Å². The SMILES string of the molecule is Cc1cc([N+](=O)[O-])cc2cc(C(C)(C)C)[nH]c12. The van der Waals surface area contributed by atoms with E-state index in [1.165, 1.54) is 0 Å². The van der Waals surface area contributed by atoms with E-state index >= 15 is 0 Å². The lowest BCUT2D eigenvalue weighted by atomic mass is 9.92. The molecule has 0 amide bonds. The van der Waals surface area contributed by atoms with Crippen molar-refractivity contribution < 1.29 is 4.92 Å². The van der Waals surface area contributed by atoms with Crippen molar-refractivity contribution in [3.05, 3.63) is 39.6 Å². The van der Waals surface area contributed by atoms with Crippen molar-refractivity contribution in [1.82, 2.24) is 4.98 Å². The van der Waals surface area contributed by atoms with Gasteiger partial charge in [0.1, 0.15) is 0 Å². The Morgan fingerprint density at radius 3 is 2.41 bits per heavy atom. The number of hydrogen-bond donors (Lipinski definition) is 1. The summed E-state index contributed by atoms with van der Waals surface area (Å²) in [6.45, 7) is 8.22. The van der Waals surface area contributed by atoms with Gasteiger partial charge in [-0.1, -0.05) is 20.8 Å². The van der Waals surface area contributed by atoms with E-state index in [9.17, 15) is 10.1 Å². The average molecular weight is 232 g/mol. The smallest absolute Gasteiger partial charge is 0.270 e. The molecule has 1 aromatic carbocycles. The van der Waals surface area contributed by atoms with Crippen molar-refractivity contribution in [2.24, 2.45) is 0 Å². The van der Waals surface area contributed by atoms with Crippen molar-refractivity contribution >= 4 is 16.6 Å². The number of nitro benzene ring substituents is 1. The quantitative estimate of drug-likeness (QED) is 0.602. The van der Waals surface area contributed by atoms with Crippen LogP contribution in [0.4, 0.5) is 5.69 Å². The second-order valence-corrected chi connectivity index (χ2v) is 5.42. The summed E-state index contributed by atoms with van der Waals surface area (Å²) in [5.74, 6) is 0. The lowest BCUT2D eigenvalue weighted by molar-refractivity contribution is -0.384. The van der Waals surface area contributed by atoms with Crippen molar-refractivity contribution in [2.45, 2.75) is 33.1 Å². The molecular formula is C13H16N2O2. The summed E-state index contributed by atoms with van der Waals surface area (Å²) in [6.07, 6.45) is 0. The zero-order valence-corrected chi connectivity index (χ0v) is 10.5. The molecule has 1 aromatic heterocycles. The number of nitro groups is 1. The van der Waals surface area contributed by atoms with Crippen molar-refractivity contribution in [3.63, 3.8) is 0 Å². The van der Waals surface area contributed by atoms with E-state index in [0.717, 1.165) is 22.2 Å². The molecule has 4 heteroatoms. The molecule has 0 unspecified atom stereocenters. The van der Waals surface area contributed by atoms with Crippen molar-refractivity contribution in [3.8, 4) is 0 Å². The topological polar surface area (TPSA) is 58.9 Å². The average Bonchev–Trinajstić information content (AvgIpc) is 2.60. The monoisotopic (exact) mass is 232 g/mol. The number of nitrogens with one attached hydrogen (secondary N) is 1. The molecule has 2 aromatic rings. The van der Waals surface area contributed by atoms with Crippen LogP contribution in [-0.4, -0.2) is 9.91 Å². The number of fused-ring (bicyclic) bond motifs is 1. The van der Waals surface area contributed by atoms with Crippen LogP contribution in [0.25, 0.3) is 10.9 Å². The van der Waals surface area contributed by atoms with E-state index in [1.807, 2.05) is 13.0 Å². The van der Waals surface area contributed by atoms with Gasteiger partial charge < -0.3 is 4.98 Å². The van der Waals surface area contributed by atoms with Crippen LogP contribution in [0.5, 0.6) is 0 Å². The van der Waals surface area contributed by atoms with Gasteiger partial charge in [0.05, 0.1) is 4.92 Å². The van der Waals surface area contributed by atoms with Crippen LogP contribution in [0.3, 0.4) is 0 Å². The minimum absolute atomic E-state index is 0.0141. The summed E-state index contributed by atoms with van der Waals surface area (Å²) >= 11 is 0. The summed E-state index contributed by atoms with van der Waals surface area (Å²) in [6, 6.07) is 5.22. The lowest BCUT2D eigenvalue weighted by Crippen LogP contribution is -2.11. The molecule has 0 bridgehead atoms. The molecular weight excluding hydrogens is 216 g/mol. The second kappa shape index (κ2) is 3.58. The zero-order chi connectivity index (χ0) is 12.8. The normalized spacial score (nSPS) is 12.0. The highest BCUT2D eigenvalue weighted by Crippen LogP contribution is 2.30. The molecule has 4 nitrogen and oxygen atoms in total. The first kappa shape index (κ1) is 11.6. The first-order valence-electron chi connectivity index (χ1n) is 5.57. The van der Waals surface area contributed by atoms with E-state index in [2.05, 4.69) is 25.8 Å². The second-order valence-electron chi connectivity index (χ2n) is 5.42. The Bertz CT molecular complexity index is 591. The summed E-state index contributed by atoms with van der Waals surface area (Å²) in [5, 5.41) is 11.7. The van der Waals surface area contributed by atoms with Gasteiger partial charge in [0.2, 0.25) is 0 Å². The third-order valence-corrected chi connectivity index (χ3v) is 2.93. The van der Waals surface area contributed by atoms with Crippen LogP contribution in [0.1, 0.15) is 32.0 Å². The van der Waals surface area contributed by atoms with Crippen LogP contribution in [0.2, 0.25) is 0 Å². The predicted molar refractivity (Wildman–Crippen MR) is 68.4 cm³/mol. The first-order chi connectivity index (χ1) is 7.79. The van der Waals surface area contributed by atoms with Gasteiger partial charge in [-0.25, -0.2) is 0 Å². The van der Waals surface area contributed by atoms with Gasteiger partial charge in [0, 0.05) is 34.1 Å². The van der Waals surface area contributed by atoms with Gasteiger partial charge in [-0.05, 0) is 18.6 Å². The fourth-order valence-electron chi connectivity index (χ4n) is 1.92. The van der Waals surface area contributed by atoms with E-state index in [0.29, 0.717) is 0 Å². The maximum Gasteiger partial charge on any atom is 0.270 e. The van der Waals surface area contributed by atoms with Crippen LogP contribution in [0, 0.1) is 17.0 Å². The molecule has 1 N–H and O–H groups in total. The van der Waals surface area contributed by atoms with E-state index in [4.69, 9.17) is 0 Å². The van der Waals surface area contributed by atoms with Crippen molar-refractivity contribution in [2.75, 3.05) is 0 Å². The maximum absolute atomic E-state index is 10.8. The molecule has 0 saturated heterocycles.